The second-order valence-corrected chi connectivity index (χ2v) is 7.78. The summed E-state index contributed by atoms with van der Waals surface area (Å²) in [6.07, 6.45) is 0.583. The van der Waals surface area contributed by atoms with E-state index in [0.29, 0.717) is 12.0 Å². The van der Waals surface area contributed by atoms with Crippen molar-refractivity contribution in [1.82, 2.24) is 0 Å². The van der Waals surface area contributed by atoms with E-state index in [1.165, 1.54) is 6.07 Å². The normalized spacial score (nSPS) is 38.4. The molecule has 0 bridgehead atoms. The highest BCUT2D eigenvalue weighted by Gasteiger charge is 2.84. The lowest BCUT2D eigenvalue weighted by atomic mass is 9.60. The van der Waals surface area contributed by atoms with E-state index < -0.39 is 58.0 Å². The van der Waals surface area contributed by atoms with Crippen molar-refractivity contribution in [3.8, 4) is 5.75 Å². The summed E-state index contributed by atoms with van der Waals surface area (Å²) >= 11 is 0. The van der Waals surface area contributed by atoms with Gasteiger partial charge in [0.1, 0.15) is 22.8 Å². The van der Waals surface area contributed by atoms with E-state index >= 15 is 0 Å². The lowest BCUT2D eigenvalue weighted by molar-refractivity contribution is -0.117. The van der Waals surface area contributed by atoms with E-state index in [2.05, 4.69) is 0 Å². The number of fused-ring (bicyclic) bond motifs is 2. The molecule has 2 unspecified atom stereocenters. The number of aliphatic hydroxyl groups is 3. The Labute approximate surface area is 158 Å². The SMILES string of the molecule is NC(=O)C1=C(O)C(N)[C@@H]2C[C@@H]3Cc4cccc(O)c4C(=O)C3=C(O)[C@@]23OC13O. The molecule has 1 heterocycles. The summed E-state index contributed by atoms with van der Waals surface area (Å²) < 4.78 is 5.43. The van der Waals surface area contributed by atoms with Crippen LogP contribution in [0.5, 0.6) is 5.75 Å². The lowest BCUT2D eigenvalue weighted by Crippen LogP contribution is -2.56. The summed E-state index contributed by atoms with van der Waals surface area (Å²) in [6.45, 7) is 0. The number of Topliss-reactive ketones (excluding diaryl/α,β-unsaturated/α-hetero) is 1. The summed E-state index contributed by atoms with van der Waals surface area (Å²) in [5, 5.41) is 42.4. The van der Waals surface area contributed by atoms with Crippen LogP contribution in [0, 0.1) is 11.8 Å². The maximum Gasteiger partial charge on any atom is 0.253 e. The number of hydrogen-bond acceptors (Lipinski definition) is 8. The van der Waals surface area contributed by atoms with Crippen LogP contribution in [0.4, 0.5) is 0 Å². The molecule has 146 valence electrons. The average molecular weight is 386 g/mol. The van der Waals surface area contributed by atoms with Crippen LogP contribution < -0.4 is 11.5 Å². The summed E-state index contributed by atoms with van der Waals surface area (Å²) in [7, 11) is 0. The number of phenols is 1. The number of nitrogens with two attached hydrogens (primary N) is 2. The van der Waals surface area contributed by atoms with Gasteiger partial charge >= 0.3 is 0 Å². The Kier molecular flexibility index (Phi) is 3.04. The molecule has 5 rings (SSSR count). The maximum atomic E-state index is 13.1. The first-order valence-electron chi connectivity index (χ1n) is 8.85. The Balaban J connectivity index is 1.73. The Hall–Kier alpha value is -2.88. The molecule has 0 radical (unpaired) electrons. The second kappa shape index (κ2) is 4.93. The van der Waals surface area contributed by atoms with E-state index in [1.807, 2.05) is 0 Å². The number of carbonyl (C=O) groups excluding carboxylic acids is 2. The number of benzene rings is 1. The molecule has 1 aromatic rings. The minimum atomic E-state index is -2.36. The largest absolute Gasteiger partial charge is 0.510 e. The van der Waals surface area contributed by atoms with Crippen LogP contribution in [-0.4, -0.2) is 49.5 Å². The summed E-state index contributed by atoms with van der Waals surface area (Å²) in [6, 6.07) is 3.61. The summed E-state index contributed by atoms with van der Waals surface area (Å²) in [5.41, 5.74) is 9.68. The molecule has 9 heteroatoms. The minimum Gasteiger partial charge on any atom is -0.510 e. The van der Waals surface area contributed by atoms with Crippen molar-refractivity contribution >= 4 is 11.7 Å². The van der Waals surface area contributed by atoms with Gasteiger partial charge in [0.2, 0.25) is 5.79 Å². The second-order valence-electron chi connectivity index (χ2n) is 7.78. The van der Waals surface area contributed by atoms with Gasteiger partial charge in [0, 0.05) is 11.5 Å². The fourth-order valence-electron chi connectivity index (χ4n) is 5.26. The maximum absolute atomic E-state index is 13.1. The van der Waals surface area contributed by atoms with Crippen molar-refractivity contribution in [1.29, 1.82) is 0 Å². The van der Waals surface area contributed by atoms with Crippen LogP contribution in [0.1, 0.15) is 22.3 Å². The highest BCUT2D eigenvalue weighted by molar-refractivity contribution is 6.13. The molecule has 1 saturated heterocycles. The number of ether oxygens (including phenoxy) is 1. The molecule has 0 aromatic heterocycles. The molecule has 5 atom stereocenters. The van der Waals surface area contributed by atoms with Crippen molar-refractivity contribution in [3.05, 3.63) is 52.0 Å². The number of carbonyl (C=O) groups is 2. The molecule has 1 amide bonds. The quantitative estimate of drug-likeness (QED) is 0.355. The molecule has 0 saturated carbocycles. The van der Waals surface area contributed by atoms with Gasteiger partial charge in [-0.05, 0) is 30.4 Å². The summed E-state index contributed by atoms with van der Waals surface area (Å²) in [5.74, 6) is -6.60. The number of epoxide rings is 1. The number of primary amides is 1. The number of amides is 1. The Morgan fingerprint density at radius 1 is 1.25 bits per heavy atom. The minimum absolute atomic E-state index is 0.0126. The zero-order valence-corrected chi connectivity index (χ0v) is 14.5. The first-order chi connectivity index (χ1) is 13.1. The van der Waals surface area contributed by atoms with Gasteiger partial charge in [-0.25, -0.2) is 0 Å². The number of aliphatic hydroxyl groups excluding tert-OH is 2. The van der Waals surface area contributed by atoms with Gasteiger partial charge in [-0.1, -0.05) is 12.1 Å². The van der Waals surface area contributed by atoms with E-state index in [-0.39, 0.29) is 23.3 Å². The predicted molar refractivity (Wildman–Crippen MR) is 93.0 cm³/mol. The zero-order chi connectivity index (χ0) is 20.2. The molecule has 28 heavy (non-hydrogen) atoms. The standard InChI is InChI=1S/C19H18N2O7/c20-13-8-5-7-4-6-2-1-3-9(22)10(6)14(23)11(7)16(25)18(8)19(27,28-18)12(15(13)24)17(21)26/h1-3,7-8,13,22,24-25,27H,4-5,20H2,(H2,21,26)/t7-,8-,13?,18-,19?/m0/s1. The van der Waals surface area contributed by atoms with Crippen LogP contribution in [0.15, 0.2) is 40.9 Å². The van der Waals surface area contributed by atoms with Crippen molar-refractivity contribution in [2.75, 3.05) is 0 Å². The van der Waals surface area contributed by atoms with Crippen LogP contribution in [-0.2, 0) is 16.0 Å². The van der Waals surface area contributed by atoms with E-state index in [1.54, 1.807) is 12.1 Å². The van der Waals surface area contributed by atoms with Crippen molar-refractivity contribution < 1.29 is 34.8 Å². The van der Waals surface area contributed by atoms with Gasteiger partial charge in [0.25, 0.3) is 5.91 Å². The average Bonchev–Trinajstić information content (AvgIpc) is 3.24. The van der Waals surface area contributed by atoms with Gasteiger partial charge < -0.3 is 36.6 Å². The molecule has 1 fully saturated rings. The van der Waals surface area contributed by atoms with Gasteiger partial charge in [0.15, 0.2) is 11.4 Å². The third kappa shape index (κ3) is 1.68. The Morgan fingerprint density at radius 2 is 1.96 bits per heavy atom. The fraction of sp³-hybridized carbons (Fsp3) is 0.368. The van der Waals surface area contributed by atoms with Crippen molar-refractivity contribution in [2.45, 2.75) is 30.3 Å². The number of phenolic OH excluding ortho intramolecular Hbond substituents is 1. The van der Waals surface area contributed by atoms with Crippen molar-refractivity contribution in [2.24, 2.45) is 23.3 Å². The topological polar surface area (TPSA) is 180 Å². The van der Waals surface area contributed by atoms with Gasteiger partial charge in [-0.2, -0.15) is 0 Å². The van der Waals surface area contributed by atoms with Crippen LogP contribution in [0.25, 0.3) is 0 Å². The van der Waals surface area contributed by atoms with Crippen molar-refractivity contribution in [3.63, 3.8) is 0 Å². The first kappa shape index (κ1) is 17.2. The molecular weight excluding hydrogens is 368 g/mol. The number of ketones is 1. The predicted octanol–water partition coefficient (Wildman–Crippen LogP) is -0.325. The molecule has 3 aliphatic carbocycles. The van der Waals surface area contributed by atoms with Crippen LogP contribution >= 0.6 is 0 Å². The Morgan fingerprint density at radius 3 is 2.64 bits per heavy atom. The molecule has 8 N–H and O–H groups in total. The Bertz CT molecular complexity index is 1040. The highest BCUT2D eigenvalue weighted by atomic mass is 16.8. The highest BCUT2D eigenvalue weighted by Crippen LogP contribution is 2.67. The molecule has 1 aromatic carbocycles. The molecule has 9 nitrogen and oxygen atoms in total. The van der Waals surface area contributed by atoms with Gasteiger partial charge in [-0.3, -0.25) is 9.59 Å². The number of rotatable bonds is 1. The van der Waals surface area contributed by atoms with E-state index in [9.17, 15) is 30.0 Å². The number of hydrogen-bond donors (Lipinski definition) is 6. The summed E-state index contributed by atoms with van der Waals surface area (Å²) in [4.78, 5) is 24.9. The fourth-order valence-corrected chi connectivity index (χ4v) is 5.26. The zero-order valence-electron chi connectivity index (χ0n) is 14.5. The molecule has 1 aliphatic heterocycles. The first-order valence-corrected chi connectivity index (χ1v) is 8.85. The van der Waals surface area contributed by atoms with Gasteiger partial charge in [-0.15, -0.1) is 0 Å². The lowest BCUT2D eigenvalue weighted by Gasteiger charge is -2.43. The molecular formula is C19H18N2O7. The van der Waals surface area contributed by atoms with E-state index in [4.69, 9.17) is 16.2 Å². The smallest absolute Gasteiger partial charge is 0.253 e. The monoisotopic (exact) mass is 386 g/mol. The van der Waals surface area contributed by atoms with Crippen LogP contribution in [0.3, 0.4) is 0 Å². The third-order valence-electron chi connectivity index (χ3n) is 6.50. The third-order valence-corrected chi connectivity index (χ3v) is 6.50. The molecule has 4 aliphatic rings. The van der Waals surface area contributed by atoms with Crippen LogP contribution in [0.2, 0.25) is 0 Å². The van der Waals surface area contributed by atoms with E-state index in [0.717, 1.165) is 0 Å². The van der Waals surface area contributed by atoms with Gasteiger partial charge in [0.05, 0.1) is 11.6 Å². The number of aromatic hydroxyl groups is 1. The number of allylic oxidation sites excluding steroid dienone is 1. The molecule has 1 spiro atoms.